The summed E-state index contributed by atoms with van der Waals surface area (Å²) in [6.45, 7) is 1.94. The fourth-order valence-corrected chi connectivity index (χ4v) is 4.93. The molecule has 3 aliphatic heterocycles. The number of hydrogen-bond donors (Lipinski definition) is 0. The van der Waals surface area contributed by atoms with E-state index in [4.69, 9.17) is 4.74 Å². The minimum absolute atomic E-state index is 0.0949. The molecule has 5 rings (SSSR count). The molecule has 3 saturated heterocycles. The molecule has 3 aliphatic rings. The van der Waals surface area contributed by atoms with Gasteiger partial charge in [-0.1, -0.05) is 30.3 Å². The van der Waals surface area contributed by atoms with Crippen LogP contribution in [0, 0.1) is 0 Å². The van der Waals surface area contributed by atoms with E-state index < -0.39 is 5.72 Å². The topological polar surface area (TPSA) is 67.7 Å². The Morgan fingerprint density at radius 1 is 1.25 bits per heavy atom. The first-order valence-corrected chi connectivity index (χ1v) is 9.97. The van der Waals surface area contributed by atoms with Gasteiger partial charge in [-0.2, -0.15) is 5.10 Å². The Bertz CT molecular complexity index is 869. The number of amides is 2. The highest BCUT2D eigenvalue weighted by Crippen LogP contribution is 2.50. The molecule has 28 heavy (non-hydrogen) atoms. The standard InChI is InChI=1S/C21H24N4O3/c26-19(8-4-11-23-12-5-10-22-23)24-13-9-21-18(24)14-20(27)25(21)15-17(28-21)16-6-2-1-3-7-16/h1-3,5-7,10,12,17-18H,4,8-9,11,13-15H2/t17-,18-,21+/m1/s1. The van der Waals surface area contributed by atoms with Crippen molar-refractivity contribution in [2.75, 3.05) is 13.1 Å². The average Bonchev–Trinajstić information content (AvgIpc) is 3.46. The fourth-order valence-electron chi connectivity index (χ4n) is 4.93. The zero-order valence-corrected chi connectivity index (χ0v) is 15.7. The van der Waals surface area contributed by atoms with Crippen LogP contribution in [0.4, 0.5) is 0 Å². The highest BCUT2D eigenvalue weighted by Gasteiger charge is 2.64. The minimum atomic E-state index is -0.644. The molecular weight excluding hydrogens is 356 g/mol. The van der Waals surface area contributed by atoms with Gasteiger partial charge in [0.1, 0.15) is 6.10 Å². The number of hydrogen-bond acceptors (Lipinski definition) is 4. The molecule has 7 heteroatoms. The molecule has 3 fully saturated rings. The number of carbonyl (C=O) groups is 2. The van der Waals surface area contributed by atoms with E-state index in [2.05, 4.69) is 5.10 Å². The summed E-state index contributed by atoms with van der Waals surface area (Å²) in [5.74, 6) is 0.202. The third-order valence-corrected chi connectivity index (χ3v) is 6.26. The van der Waals surface area contributed by atoms with E-state index >= 15 is 0 Å². The average molecular weight is 380 g/mol. The van der Waals surface area contributed by atoms with Crippen molar-refractivity contribution in [3.8, 4) is 0 Å². The maximum atomic E-state index is 12.9. The molecule has 0 aliphatic carbocycles. The number of rotatable bonds is 5. The van der Waals surface area contributed by atoms with E-state index in [1.807, 2.05) is 57.1 Å². The first-order valence-electron chi connectivity index (χ1n) is 9.97. The number of nitrogens with zero attached hydrogens (tertiary/aromatic N) is 4. The maximum Gasteiger partial charge on any atom is 0.227 e. The summed E-state index contributed by atoms with van der Waals surface area (Å²) in [6, 6.07) is 11.7. The summed E-state index contributed by atoms with van der Waals surface area (Å²) < 4.78 is 8.33. The van der Waals surface area contributed by atoms with Gasteiger partial charge in [0.15, 0.2) is 5.72 Å². The lowest BCUT2D eigenvalue weighted by atomic mass is 10.1. The lowest BCUT2D eigenvalue weighted by molar-refractivity contribution is -0.143. The van der Waals surface area contributed by atoms with Gasteiger partial charge < -0.3 is 14.5 Å². The van der Waals surface area contributed by atoms with Crippen molar-refractivity contribution in [2.45, 2.75) is 50.1 Å². The molecule has 0 bridgehead atoms. The van der Waals surface area contributed by atoms with Gasteiger partial charge in [0, 0.05) is 38.3 Å². The van der Waals surface area contributed by atoms with Crippen molar-refractivity contribution in [1.82, 2.24) is 19.6 Å². The van der Waals surface area contributed by atoms with Gasteiger partial charge in [-0.25, -0.2) is 0 Å². The summed E-state index contributed by atoms with van der Waals surface area (Å²) in [5.41, 5.74) is 0.441. The molecule has 0 unspecified atom stereocenters. The highest BCUT2D eigenvalue weighted by molar-refractivity contribution is 5.84. The lowest BCUT2D eigenvalue weighted by Crippen LogP contribution is -2.48. The van der Waals surface area contributed by atoms with Gasteiger partial charge >= 0.3 is 0 Å². The Morgan fingerprint density at radius 3 is 2.89 bits per heavy atom. The molecule has 1 aromatic carbocycles. The number of ether oxygens (including phenoxy) is 1. The van der Waals surface area contributed by atoms with Gasteiger partial charge in [0.2, 0.25) is 11.8 Å². The van der Waals surface area contributed by atoms with Crippen LogP contribution >= 0.6 is 0 Å². The fraction of sp³-hybridized carbons (Fsp3) is 0.476. The molecule has 0 N–H and O–H groups in total. The molecule has 4 heterocycles. The normalized spacial score (nSPS) is 28.6. The largest absolute Gasteiger partial charge is 0.343 e. The monoisotopic (exact) mass is 380 g/mol. The van der Waals surface area contributed by atoms with Crippen molar-refractivity contribution in [1.29, 1.82) is 0 Å². The summed E-state index contributed by atoms with van der Waals surface area (Å²) in [5, 5.41) is 4.17. The van der Waals surface area contributed by atoms with E-state index in [9.17, 15) is 9.59 Å². The Morgan fingerprint density at radius 2 is 2.11 bits per heavy atom. The second-order valence-corrected chi connectivity index (χ2v) is 7.80. The molecule has 0 radical (unpaired) electrons. The van der Waals surface area contributed by atoms with Crippen LogP contribution in [0.15, 0.2) is 48.8 Å². The van der Waals surface area contributed by atoms with Gasteiger partial charge in [-0.3, -0.25) is 14.3 Å². The van der Waals surface area contributed by atoms with Crippen molar-refractivity contribution in [3.63, 3.8) is 0 Å². The van der Waals surface area contributed by atoms with Crippen LogP contribution in [-0.2, 0) is 20.9 Å². The molecule has 7 nitrogen and oxygen atoms in total. The van der Waals surface area contributed by atoms with E-state index in [-0.39, 0.29) is 24.0 Å². The second-order valence-electron chi connectivity index (χ2n) is 7.80. The summed E-state index contributed by atoms with van der Waals surface area (Å²) in [4.78, 5) is 29.3. The van der Waals surface area contributed by atoms with Gasteiger partial charge in [-0.15, -0.1) is 0 Å². The SMILES string of the molecule is O=C(CCCn1cccn1)N1CC[C@@]23O[C@@H](c4ccccc4)CN2C(=O)C[C@@H]13. The van der Waals surface area contributed by atoms with E-state index in [0.29, 0.717) is 32.4 Å². The Balaban J connectivity index is 1.28. The van der Waals surface area contributed by atoms with Crippen LogP contribution in [0.25, 0.3) is 0 Å². The van der Waals surface area contributed by atoms with Crippen LogP contribution in [0.5, 0.6) is 0 Å². The van der Waals surface area contributed by atoms with E-state index in [1.54, 1.807) is 6.20 Å². The minimum Gasteiger partial charge on any atom is -0.343 e. The zero-order valence-electron chi connectivity index (χ0n) is 15.7. The van der Waals surface area contributed by atoms with Crippen molar-refractivity contribution < 1.29 is 14.3 Å². The molecule has 3 atom stereocenters. The first-order chi connectivity index (χ1) is 13.7. The van der Waals surface area contributed by atoms with Crippen LogP contribution < -0.4 is 0 Å². The summed E-state index contributed by atoms with van der Waals surface area (Å²) in [6.07, 6.45) is 5.78. The van der Waals surface area contributed by atoms with Crippen LogP contribution in [0.2, 0.25) is 0 Å². The zero-order chi connectivity index (χ0) is 19.1. The Labute approximate surface area is 163 Å². The number of likely N-dealkylation sites (tertiary alicyclic amines) is 1. The van der Waals surface area contributed by atoms with Gasteiger partial charge in [0.25, 0.3) is 0 Å². The molecule has 2 aromatic rings. The van der Waals surface area contributed by atoms with Crippen molar-refractivity contribution in [3.05, 3.63) is 54.4 Å². The van der Waals surface area contributed by atoms with E-state index in [1.165, 1.54) is 0 Å². The number of benzene rings is 1. The molecule has 1 aromatic heterocycles. The number of carbonyl (C=O) groups excluding carboxylic acids is 2. The van der Waals surface area contributed by atoms with Crippen LogP contribution in [-0.4, -0.2) is 56.3 Å². The molecule has 0 saturated carbocycles. The quantitative estimate of drug-likeness (QED) is 0.795. The third kappa shape index (κ3) is 2.73. The number of aromatic nitrogens is 2. The predicted molar refractivity (Wildman–Crippen MR) is 101 cm³/mol. The van der Waals surface area contributed by atoms with E-state index in [0.717, 1.165) is 18.5 Å². The smallest absolute Gasteiger partial charge is 0.227 e. The van der Waals surface area contributed by atoms with Gasteiger partial charge in [-0.05, 0) is 18.1 Å². The lowest BCUT2D eigenvalue weighted by Gasteiger charge is -2.32. The number of aryl methyl sites for hydroxylation is 1. The van der Waals surface area contributed by atoms with Crippen LogP contribution in [0.1, 0.15) is 37.4 Å². The van der Waals surface area contributed by atoms with Crippen molar-refractivity contribution >= 4 is 11.8 Å². The highest BCUT2D eigenvalue weighted by atomic mass is 16.5. The third-order valence-electron chi connectivity index (χ3n) is 6.26. The summed E-state index contributed by atoms with van der Waals surface area (Å²) in [7, 11) is 0. The first kappa shape index (κ1) is 17.4. The van der Waals surface area contributed by atoms with Crippen LogP contribution in [0.3, 0.4) is 0 Å². The Hall–Kier alpha value is -2.67. The second kappa shape index (κ2) is 6.74. The summed E-state index contributed by atoms with van der Waals surface area (Å²) >= 11 is 0. The maximum absolute atomic E-state index is 12.9. The van der Waals surface area contributed by atoms with Crippen molar-refractivity contribution in [2.24, 2.45) is 0 Å². The van der Waals surface area contributed by atoms with Gasteiger partial charge in [0.05, 0.1) is 19.0 Å². The molecular formula is C21H24N4O3. The predicted octanol–water partition coefficient (Wildman–Crippen LogP) is 1.96. The Kier molecular flexibility index (Phi) is 4.19. The molecule has 1 spiro atoms. The molecule has 146 valence electrons. The molecule has 2 amide bonds.